The summed E-state index contributed by atoms with van der Waals surface area (Å²) in [6.07, 6.45) is -4.60. The second kappa shape index (κ2) is 6.29. The van der Waals surface area contributed by atoms with Gasteiger partial charge in [-0.2, -0.15) is 0 Å². The van der Waals surface area contributed by atoms with Gasteiger partial charge in [0.15, 0.2) is 0 Å². The fraction of sp³-hybridized carbons (Fsp3) is 0.455. The summed E-state index contributed by atoms with van der Waals surface area (Å²) in [5.74, 6) is -0.302. The Morgan fingerprint density at radius 3 is 2.61 bits per heavy atom. The fourth-order valence-electron chi connectivity index (χ4n) is 1.20. The molecule has 1 aromatic rings. The summed E-state index contributed by atoms with van der Waals surface area (Å²) < 4.78 is 40.1. The molecule has 0 aliphatic heterocycles. The van der Waals surface area contributed by atoms with Crippen molar-refractivity contribution in [1.82, 2.24) is 0 Å². The molecule has 0 spiro atoms. The predicted octanol–water partition coefficient (Wildman–Crippen LogP) is 3.53. The Morgan fingerprint density at radius 2 is 2.11 bits per heavy atom. The molecule has 0 saturated carbocycles. The molecule has 0 bridgehead atoms. The molecule has 0 saturated heterocycles. The Labute approximate surface area is 111 Å². The van der Waals surface area contributed by atoms with Gasteiger partial charge in [-0.1, -0.05) is 6.92 Å². The van der Waals surface area contributed by atoms with E-state index < -0.39 is 12.5 Å². The average Bonchev–Trinajstić information content (AvgIpc) is 2.27. The van der Waals surface area contributed by atoms with Gasteiger partial charge in [0.1, 0.15) is 5.75 Å². The van der Waals surface area contributed by atoms with Crippen molar-refractivity contribution < 1.29 is 23.0 Å². The summed E-state index contributed by atoms with van der Waals surface area (Å²) in [5, 5.41) is 12.3. The molecule has 0 aliphatic carbocycles. The predicted molar refractivity (Wildman–Crippen MR) is 65.6 cm³/mol. The van der Waals surface area contributed by atoms with Crippen LogP contribution in [0.25, 0.3) is 0 Å². The van der Waals surface area contributed by atoms with E-state index in [-0.39, 0.29) is 10.2 Å². The summed E-state index contributed by atoms with van der Waals surface area (Å²) in [5.41, 5.74) is 0.601. The topological polar surface area (TPSA) is 41.5 Å². The van der Waals surface area contributed by atoms with Crippen LogP contribution in [0, 0.1) is 0 Å². The van der Waals surface area contributed by atoms with E-state index in [9.17, 15) is 18.3 Å². The molecule has 1 unspecified atom stereocenters. The van der Waals surface area contributed by atoms with Crippen LogP contribution in [0.15, 0.2) is 22.7 Å². The molecule has 0 amide bonds. The van der Waals surface area contributed by atoms with Crippen molar-refractivity contribution in [2.24, 2.45) is 0 Å². The highest BCUT2D eigenvalue weighted by molar-refractivity contribution is 9.10. The van der Waals surface area contributed by atoms with Crippen molar-refractivity contribution in [2.75, 3.05) is 11.9 Å². The molecule has 102 valence electrons. The second-order valence-corrected chi connectivity index (χ2v) is 4.49. The smallest absolute Gasteiger partial charge is 0.405 e. The SMILES string of the molecule is CCC(O)CNc1ccc(OC(F)(F)F)c(Br)c1. The Kier molecular flexibility index (Phi) is 5.28. The van der Waals surface area contributed by atoms with Crippen molar-refractivity contribution in [3.63, 3.8) is 0 Å². The first kappa shape index (κ1) is 15.1. The minimum absolute atomic E-state index is 0.191. The summed E-state index contributed by atoms with van der Waals surface area (Å²) >= 11 is 3.00. The van der Waals surface area contributed by atoms with Crippen LogP contribution in [0.4, 0.5) is 18.9 Å². The summed E-state index contributed by atoms with van der Waals surface area (Å²) in [6, 6.07) is 4.12. The fourth-order valence-corrected chi connectivity index (χ4v) is 1.66. The van der Waals surface area contributed by atoms with E-state index in [2.05, 4.69) is 26.0 Å². The van der Waals surface area contributed by atoms with Crippen LogP contribution in [-0.4, -0.2) is 24.1 Å². The number of halogens is 4. The number of aliphatic hydroxyl groups excluding tert-OH is 1. The lowest BCUT2D eigenvalue weighted by molar-refractivity contribution is -0.274. The highest BCUT2D eigenvalue weighted by Gasteiger charge is 2.31. The number of ether oxygens (including phenoxy) is 1. The highest BCUT2D eigenvalue weighted by atomic mass is 79.9. The normalized spacial score (nSPS) is 13.2. The molecule has 7 heteroatoms. The largest absolute Gasteiger partial charge is 0.573 e. The van der Waals surface area contributed by atoms with Gasteiger partial charge in [0.25, 0.3) is 0 Å². The standard InChI is InChI=1S/C11H13BrF3NO2/c1-2-8(17)6-16-7-3-4-10(9(12)5-7)18-11(13,14)15/h3-5,8,16-17H,2,6H2,1H3. The lowest BCUT2D eigenvalue weighted by Gasteiger charge is -2.13. The zero-order chi connectivity index (χ0) is 13.8. The van der Waals surface area contributed by atoms with Crippen LogP contribution in [0.2, 0.25) is 0 Å². The number of hydrogen-bond donors (Lipinski definition) is 2. The van der Waals surface area contributed by atoms with Gasteiger partial charge in [-0.3, -0.25) is 0 Å². The van der Waals surface area contributed by atoms with Gasteiger partial charge in [0, 0.05) is 12.2 Å². The highest BCUT2D eigenvalue weighted by Crippen LogP contribution is 2.32. The van der Waals surface area contributed by atoms with Gasteiger partial charge in [-0.05, 0) is 40.5 Å². The summed E-state index contributed by atoms with van der Waals surface area (Å²) in [7, 11) is 0. The Bertz CT molecular complexity index is 398. The quantitative estimate of drug-likeness (QED) is 0.869. The third kappa shape index (κ3) is 5.14. The van der Waals surface area contributed by atoms with E-state index in [0.717, 1.165) is 0 Å². The zero-order valence-corrected chi connectivity index (χ0v) is 11.2. The van der Waals surface area contributed by atoms with Crippen molar-refractivity contribution >= 4 is 21.6 Å². The lowest BCUT2D eigenvalue weighted by Crippen LogP contribution is -2.19. The minimum Gasteiger partial charge on any atom is -0.405 e. The maximum Gasteiger partial charge on any atom is 0.573 e. The molecule has 0 aromatic heterocycles. The molecule has 18 heavy (non-hydrogen) atoms. The van der Waals surface area contributed by atoms with E-state index in [1.807, 2.05) is 6.92 Å². The second-order valence-electron chi connectivity index (χ2n) is 3.64. The van der Waals surface area contributed by atoms with Crippen molar-refractivity contribution in [3.05, 3.63) is 22.7 Å². The monoisotopic (exact) mass is 327 g/mol. The third-order valence-electron chi connectivity index (χ3n) is 2.17. The lowest BCUT2D eigenvalue weighted by atomic mass is 10.2. The zero-order valence-electron chi connectivity index (χ0n) is 9.59. The molecule has 0 aliphatic rings. The molecule has 0 heterocycles. The van der Waals surface area contributed by atoms with Crippen LogP contribution in [-0.2, 0) is 0 Å². The van der Waals surface area contributed by atoms with E-state index in [1.54, 1.807) is 0 Å². The van der Waals surface area contributed by atoms with Crippen molar-refractivity contribution in [1.29, 1.82) is 0 Å². The van der Waals surface area contributed by atoms with Gasteiger partial charge >= 0.3 is 6.36 Å². The van der Waals surface area contributed by atoms with Gasteiger partial charge in [0.2, 0.25) is 0 Å². The molecule has 1 aromatic carbocycles. The number of nitrogens with one attached hydrogen (secondary N) is 1. The molecule has 1 atom stereocenters. The Morgan fingerprint density at radius 1 is 1.44 bits per heavy atom. The van der Waals surface area contributed by atoms with Gasteiger partial charge < -0.3 is 15.2 Å². The third-order valence-corrected chi connectivity index (χ3v) is 2.79. The van der Waals surface area contributed by atoms with Crippen LogP contribution >= 0.6 is 15.9 Å². The van der Waals surface area contributed by atoms with Crippen LogP contribution in [0.5, 0.6) is 5.75 Å². The molecule has 0 fully saturated rings. The number of rotatable bonds is 5. The molecular formula is C11H13BrF3NO2. The molecule has 2 N–H and O–H groups in total. The van der Waals surface area contributed by atoms with Crippen molar-refractivity contribution in [3.8, 4) is 5.75 Å². The molecule has 3 nitrogen and oxygen atoms in total. The maximum absolute atomic E-state index is 12.0. The minimum atomic E-state index is -4.71. The van der Waals surface area contributed by atoms with Crippen LogP contribution in [0.1, 0.15) is 13.3 Å². The maximum atomic E-state index is 12.0. The van der Waals surface area contributed by atoms with E-state index in [0.29, 0.717) is 18.7 Å². The van der Waals surface area contributed by atoms with E-state index in [4.69, 9.17) is 0 Å². The molecule has 0 radical (unpaired) electrons. The summed E-state index contributed by atoms with van der Waals surface area (Å²) in [4.78, 5) is 0. The Balaban J connectivity index is 2.67. The van der Waals surface area contributed by atoms with E-state index in [1.165, 1.54) is 18.2 Å². The first-order valence-corrected chi connectivity index (χ1v) is 6.08. The van der Waals surface area contributed by atoms with E-state index >= 15 is 0 Å². The number of anilines is 1. The average molecular weight is 328 g/mol. The first-order valence-electron chi connectivity index (χ1n) is 5.29. The number of alkyl halides is 3. The molecule has 1 rings (SSSR count). The number of hydrogen-bond acceptors (Lipinski definition) is 3. The van der Waals surface area contributed by atoms with Gasteiger partial charge in [-0.15, -0.1) is 13.2 Å². The summed E-state index contributed by atoms with van der Waals surface area (Å²) in [6.45, 7) is 2.17. The van der Waals surface area contributed by atoms with Gasteiger partial charge in [-0.25, -0.2) is 0 Å². The Hall–Kier alpha value is -0.950. The van der Waals surface area contributed by atoms with Gasteiger partial charge in [0.05, 0.1) is 10.6 Å². The first-order chi connectivity index (χ1) is 8.31. The van der Waals surface area contributed by atoms with Crippen LogP contribution in [0.3, 0.4) is 0 Å². The number of aliphatic hydroxyl groups is 1. The van der Waals surface area contributed by atoms with Crippen molar-refractivity contribution in [2.45, 2.75) is 25.8 Å². The van der Waals surface area contributed by atoms with Crippen LogP contribution < -0.4 is 10.1 Å². The molecular weight excluding hydrogens is 315 g/mol. The number of benzene rings is 1.